The molecule has 0 spiro atoms. The van der Waals surface area contributed by atoms with Gasteiger partial charge >= 0.3 is 17.9 Å². The minimum Gasteiger partial charge on any atom is -0.462 e. The highest BCUT2D eigenvalue weighted by Gasteiger charge is 2.19. The lowest BCUT2D eigenvalue weighted by Gasteiger charge is -2.18. The van der Waals surface area contributed by atoms with Crippen LogP contribution in [-0.2, 0) is 28.6 Å². The normalized spacial score (nSPS) is 12.5. The molecule has 60 heavy (non-hydrogen) atoms. The molecule has 0 saturated carbocycles. The largest absolute Gasteiger partial charge is 0.462 e. The van der Waals surface area contributed by atoms with Crippen LogP contribution in [0.1, 0.15) is 245 Å². The minimum atomic E-state index is -0.795. The van der Waals surface area contributed by atoms with Gasteiger partial charge in [-0.3, -0.25) is 14.4 Å². The maximum absolute atomic E-state index is 12.8. The van der Waals surface area contributed by atoms with Crippen LogP contribution in [-0.4, -0.2) is 37.2 Å². The monoisotopic (exact) mass is 839 g/mol. The van der Waals surface area contributed by atoms with Crippen LogP contribution in [0.4, 0.5) is 0 Å². The molecule has 0 heterocycles. The van der Waals surface area contributed by atoms with E-state index in [1.165, 1.54) is 122 Å². The lowest BCUT2D eigenvalue weighted by atomic mass is 10.0. The molecule has 0 aliphatic rings. The van der Waals surface area contributed by atoms with Crippen LogP contribution < -0.4 is 0 Å². The predicted molar refractivity (Wildman–Crippen MR) is 256 cm³/mol. The topological polar surface area (TPSA) is 78.9 Å². The van der Waals surface area contributed by atoms with Crippen LogP contribution >= 0.6 is 0 Å². The van der Waals surface area contributed by atoms with Gasteiger partial charge in [-0.1, -0.05) is 223 Å². The number of ether oxygens (including phenoxy) is 3. The highest BCUT2D eigenvalue weighted by Crippen LogP contribution is 2.15. The quantitative estimate of drug-likeness (QED) is 0.0200. The maximum Gasteiger partial charge on any atom is 0.306 e. The van der Waals surface area contributed by atoms with Gasteiger partial charge < -0.3 is 14.2 Å². The van der Waals surface area contributed by atoms with Gasteiger partial charge in [0.1, 0.15) is 13.2 Å². The molecule has 1 unspecified atom stereocenters. The van der Waals surface area contributed by atoms with E-state index in [0.717, 1.165) is 83.5 Å². The van der Waals surface area contributed by atoms with Gasteiger partial charge in [0.15, 0.2) is 6.10 Å². The number of allylic oxidation sites excluding steroid dienone is 10. The summed E-state index contributed by atoms with van der Waals surface area (Å²) in [5, 5.41) is 0. The maximum atomic E-state index is 12.8. The van der Waals surface area contributed by atoms with Gasteiger partial charge in [0.05, 0.1) is 0 Å². The van der Waals surface area contributed by atoms with Crippen LogP contribution in [0.3, 0.4) is 0 Å². The van der Waals surface area contributed by atoms with Crippen molar-refractivity contribution < 1.29 is 28.6 Å². The summed E-state index contributed by atoms with van der Waals surface area (Å²) in [5.41, 5.74) is 0. The molecule has 6 nitrogen and oxygen atoms in total. The fourth-order valence-electron chi connectivity index (χ4n) is 7.04. The van der Waals surface area contributed by atoms with Crippen LogP contribution in [0, 0.1) is 0 Å². The lowest BCUT2D eigenvalue weighted by molar-refractivity contribution is -0.167. The van der Waals surface area contributed by atoms with E-state index in [0.29, 0.717) is 19.3 Å². The standard InChI is InChI=1S/C54H94O6/c1-4-7-10-13-16-19-22-25-27-30-32-35-38-41-44-47-53(56)59-50-51(49-58-52(55)46-43-40-37-34-31-28-24-21-18-15-12-9-6-3)60-54(57)48-45-42-39-36-33-29-26-23-20-17-14-11-8-5-2/h9,12,15,18,21,24,28-29,31,33,51H,4-8,10-11,13-14,16-17,19-20,22-23,25-27,30,32,34-50H2,1-3H3/b12-9-,18-15-,24-21-,31-28-,33-29-. The zero-order valence-electron chi connectivity index (χ0n) is 39.5. The first kappa shape index (κ1) is 57.1. The molecule has 0 bridgehead atoms. The fraction of sp³-hybridized carbons (Fsp3) is 0.759. The van der Waals surface area contributed by atoms with E-state index in [2.05, 4.69) is 45.1 Å². The summed E-state index contributed by atoms with van der Waals surface area (Å²) in [7, 11) is 0. The van der Waals surface area contributed by atoms with Crippen molar-refractivity contribution in [2.24, 2.45) is 0 Å². The Hall–Kier alpha value is -2.89. The van der Waals surface area contributed by atoms with Gasteiger partial charge in [-0.05, 0) is 64.2 Å². The molecule has 346 valence electrons. The molecular weight excluding hydrogens is 745 g/mol. The molecule has 0 fully saturated rings. The summed E-state index contributed by atoms with van der Waals surface area (Å²) in [6.45, 7) is 6.45. The Morgan fingerprint density at radius 1 is 0.350 bits per heavy atom. The molecule has 0 aromatic heterocycles. The van der Waals surface area contributed by atoms with Crippen LogP contribution in [0.5, 0.6) is 0 Å². The first-order valence-corrected chi connectivity index (χ1v) is 25.3. The number of rotatable bonds is 45. The summed E-state index contributed by atoms with van der Waals surface area (Å²) in [6.07, 6.45) is 59.2. The van der Waals surface area contributed by atoms with Gasteiger partial charge in [0, 0.05) is 19.3 Å². The van der Waals surface area contributed by atoms with Gasteiger partial charge in [-0.2, -0.15) is 0 Å². The highest BCUT2D eigenvalue weighted by atomic mass is 16.6. The number of carbonyl (C=O) groups is 3. The summed E-state index contributed by atoms with van der Waals surface area (Å²) in [4.78, 5) is 37.9. The van der Waals surface area contributed by atoms with Crippen LogP contribution in [0.2, 0.25) is 0 Å². The third-order valence-corrected chi connectivity index (χ3v) is 10.9. The molecule has 0 radical (unpaired) electrons. The Kier molecular flexibility index (Phi) is 46.4. The Morgan fingerprint density at radius 3 is 1.08 bits per heavy atom. The molecule has 1 atom stereocenters. The van der Waals surface area contributed by atoms with Crippen molar-refractivity contribution in [1.29, 1.82) is 0 Å². The predicted octanol–water partition coefficient (Wildman–Crippen LogP) is 16.5. The van der Waals surface area contributed by atoms with Crippen molar-refractivity contribution in [3.8, 4) is 0 Å². The van der Waals surface area contributed by atoms with Gasteiger partial charge in [0.2, 0.25) is 0 Å². The van der Waals surface area contributed by atoms with Crippen LogP contribution in [0.15, 0.2) is 60.8 Å². The van der Waals surface area contributed by atoms with E-state index in [4.69, 9.17) is 14.2 Å². The molecule has 0 aromatic carbocycles. The summed E-state index contributed by atoms with van der Waals surface area (Å²) in [5.74, 6) is -0.943. The van der Waals surface area contributed by atoms with Crippen molar-refractivity contribution in [1.82, 2.24) is 0 Å². The van der Waals surface area contributed by atoms with Gasteiger partial charge in [-0.15, -0.1) is 0 Å². The zero-order chi connectivity index (χ0) is 43.7. The average molecular weight is 839 g/mol. The molecule has 0 aromatic rings. The fourth-order valence-corrected chi connectivity index (χ4v) is 7.04. The first-order valence-electron chi connectivity index (χ1n) is 25.3. The number of hydrogen-bond donors (Lipinski definition) is 0. The van der Waals surface area contributed by atoms with E-state index < -0.39 is 6.10 Å². The molecule has 0 rings (SSSR count). The summed E-state index contributed by atoms with van der Waals surface area (Å²) >= 11 is 0. The van der Waals surface area contributed by atoms with Crippen molar-refractivity contribution in [3.05, 3.63) is 60.8 Å². The van der Waals surface area contributed by atoms with Crippen molar-refractivity contribution >= 4 is 17.9 Å². The second-order valence-corrected chi connectivity index (χ2v) is 16.8. The van der Waals surface area contributed by atoms with Crippen LogP contribution in [0.25, 0.3) is 0 Å². The molecule has 6 heteroatoms. The third-order valence-electron chi connectivity index (χ3n) is 10.9. The Bertz CT molecular complexity index is 1100. The number of carbonyl (C=O) groups excluding carboxylic acids is 3. The van der Waals surface area contributed by atoms with E-state index >= 15 is 0 Å². The first-order chi connectivity index (χ1) is 29.5. The lowest BCUT2D eigenvalue weighted by Crippen LogP contribution is -2.30. The Morgan fingerprint density at radius 2 is 0.667 bits per heavy atom. The summed E-state index contributed by atoms with van der Waals surface area (Å²) in [6, 6.07) is 0. The molecule has 0 amide bonds. The van der Waals surface area contributed by atoms with E-state index in [-0.39, 0.29) is 31.1 Å². The molecule has 0 saturated heterocycles. The molecule has 0 aliphatic carbocycles. The van der Waals surface area contributed by atoms with Gasteiger partial charge in [0.25, 0.3) is 0 Å². The van der Waals surface area contributed by atoms with Crippen molar-refractivity contribution in [2.45, 2.75) is 252 Å². The Labute approximate surface area is 370 Å². The van der Waals surface area contributed by atoms with E-state index in [1.54, 1.807) is 0 Å². The highest BCUT2D eigenvalue weighted by molar-refractivity contribution is 5.71. The van der Waals surface area contributed by atoms with Crippen molar-refractivity contribution in [2.75, 3.05) is 13.2 Å². The molecule has 0 aliphatic heterocycles. The smallest absolute Gasteiger partial charge is 0.306 e. The number of esters is 3. The number of hydrogen-bond acceptors (Lipinski definition) is 6. The van der Waals surface area contributed by atoms with Crippen molar-refractivity contribution in [3.63, 3.8) is 0 Å². The van der Waals surface area contributed by atoms with E-state index in [9.17, 15) is 14.4 Å². The average Bonchev–Trinajstić information content (AvgIpc) is 3.24. The minimum absolute atomic E-state index is 0.0911. The zero-order valence-corrected chi connectivity index (χ0v) is 39.5. The molecular formula is C54H94O6. The molecule has 0 N–H and O–H groups in total. The van der Waals surface area contributed by atoms with E-state index in [1.807, 2.05) is 36.5 Å². The SMILES string of the molecule is CC\C=C/C=C\C=C/C=C\CCCCCC(=O)OCC(COC(=O)CCCCCCCCCCCCCCCCC)OC(=O)CCCCC/C=C\CCCCCCCCC. The Balaban J connectivity index is 4.44. The summed E-state index contributed by atoms with van der Waals surface area (Å²) < 4.78 is 16.7. The second-order valence-electron chi connectivity index (χ2n) is 16.8. The second kappa shape index (κ2) is 48.8. The number of unbranched alkanes of at least 4 members (excludes halogenated alkanes) is 27. The van der Waals surface area contributed by atoms with Gasteiger partial charge in [-0.25, -0.2) is 0 Å². The third kappa shape index (κ3) is 46.2.